The Hall–Kier alpha value is -3.13. The summed E-state index contributed by atoms with van der Waals surface area (Å²) in [6, 6.07) is 0. The van der Waals surface area contributed by atoms with Gasteiger partial charge in [-0.05, 0) is 0 Å². The van der Waals surface area contributed by atoms with Gasteiger partial charge in [-0.3, -0.25) is 0 Å². The molecule has 0 saturated heterocycles. The SMILES string of the molecule is CCC1=C(C)C2=Cc3c(CC)c(C)c4[n]3[Sn][n]3c(c(C)c(CC)c3=CC3=NC5=C4C=C(C(=O)O)C5(CC)C3C)=CC1=N2. The molecule has 0 aromatic carbocycles. The van der Waals surface area contributed by atoms with Crippen molar-refractivity contribution in [2.24, 2.45) is 21.3 Å². The first-order valence-electron chi connectivity index (χ1n) is 15.4. The summed E-state index contributed by atoms with van der Waals surface area (Å²) in [5.41, 5.74) is 15.2. The number of hydrogen-bond donors (Lipinski definition) is 1. The van der Waals surface area contributed by atoms with Gasteiger partial charge in [-0.2, -0.15) is 0 Å². The van der Waals surface area contributed by atoms with E-state index in [1.165, 1.54) is 49.8 Å². The van der Waals surface area contributed by atoms with E-state index >= 15 is 0 Å². The second kappa shape index (κ2) is 9.43. The fraction of sp³-hybridized carbons (Fsp3) is 0.400. The predicted molar refractivity (Wildman–Crippen MR) is 172 cm³/mol. The maximum absolute atomic E-state index is 12.9. The molecule has 2 aromatic rings. The second-order valence-electron chi connectivity index (χ2n) is 12.2. The van der Waals surface area contributed by atoms with E-state index in [0.717, 1.165) is 53.3 Å². The molecule has 1 aliphatic carbocycles. The van der Waals surface area contributed by atoms with Crippen LogP contribution in [0.5, 0.6) is 0 Å². The molecular formula is C35H38N4O2Sn. The Morgan fingerprint density at radius 3 is 2.31 bits per heavy atom. The van der Waals surface area contributed by atoms with Crippen molar-refractivity contribution in [3.8, 4) is 0 Å². The van der Waals surface area contributed by atoms with Crippen molar-refractivity contribution >= 4 is 62.9 Å². The van der Waals surface area contributed by atoms with E-state index in [2.05, 4.69) is 79.2 Å². The Labute approximate surface area is 258 Å². The number of carbonyl (C=O) groups is 1. The summed E-state index contributed by atoms with van der Waals surface area (Å²) in [4.78, 5) is 23.5. The van der Waals surface area contributed by atoms with E-state index in [0.29, 0.717) is 12.0 Å². The topological polar surface area (TPSA) is 71.9 Å². The molecule has 6 heterocycles. The van der Waals surface area contributed by atoms with Gasteiger partial charge in [0.2, 0.25) is 0 Å². The molecule has 4 aliphatic heterocycles. The van der Waals surface area contributed by atoms with Crippen LogP contribution in [0.15, 0.2) is 44.2 Å². The minimum absolute atomic E-state index is 0.0362. The van der Waals surface area contributed by atoms with Gasteiger partial charge in [0.05, 0.1) is 0 Å². The number of carboxylic acids is 1. The molecule has 7 rings (SSSR count). The van der Waals surface area contributed by atoms with Gasteiger partial charge in [-0.25, -0.2) is 0 Å². The molecular weight excluding hydrogens is 627 g/mol. The van der Waals surface area contributed by atoms with Gasteiger partial charge >= 0.3 is 259 Å². The molecule has 0 saturated carbocycles. The quantitative estimate of drug-likeness (QED) is 0.441. The van der Waals surface area contributed by atoms with Crippen molar-refractivity contribution in [1.82, 2.24) is 5.58 Å². The zero-order valence-corrected chi connectivity index (χ0v) is 28.7. The molecule has 6 bridgehead atoms. The molecule has 0 spiro atoms. The van der Waals surface area contributed by atoms with Gasteiger partial charge in [0.25, 0.3) is 0 Å². The minimum atomic E-state index is -1.55. The van der Waals surface area contributed by atoms with Crippen LogP contribution in [0, 0.1) is 25.2 Å². The first-order valence-corrected chi connectivity index (χ1v) is 17.9. The summed E-state index contributed by atoms with van der Waals surface area (Å²) in [5, 5.41) is 13.1. The van der Waals surface area contributed by atoms with Gasteiger partial charge in [-0.1, -0.05) is 0 Å². The van der Waals surface area contributed by atoms with Gasteiger partial charge < -0.3 is 0 Å². The van der Waals surface area contributed by atoms with Crippen LogP contribution in [0.2, 0.25) is 0 Å². The van der Waals surface area contributed by atoms with Crippen molar-refractivity contribution in [1.29, 1.82) is 0 Å². The molecule has 5 aliphatic rings. The molecule has 2 radical (unpaired) electrons. The van der Waals surface area contributed by atoms with Crippen molar-refractivity contribution in [3.63, 3.8) is 0 Å². The molecule has 2 unspecified atom stereocenters. The number of aliphatic carboxylic acids is 1. The molecule has 7 heteroatoms. The predicted octanol–water partition coefficient (Wildman–Crippen LogP) is 5.29. The molecule has 0 fully saturated rings. The number of allylic oxidation sites excluding steroid dienone is 5. The average Bonchev–Trinajstić information content (AvgIpc) is 3.67. The van der Waals surface area contributed by atoms with Crippen LogP contribution in [0.1, 0.15) is 88.0 Å². The molecule has 1 N–H and O–H groups in total. The number of fused-ring (bicyclic) bond motifs is 2. The van der Waals surface area contributed by atoms with Crippen molar-refractivity contribution in [2.75, 3.05) is 0 Å². The molecule has 2 atom stereocenters. The first kappa shape index (κ1) is 27.7. The van der Waals surface area contributed by atoms with Crippen LogP contribution in [0.3, 0.4) is 0 Å². The van der Waals surface area contributed by atoms with Crippen molar-refractivity contribution < 1.29 is 9.90 Å². The Bertz CT molecular complexity index is 1970. The van der Waals surface area contributed by atoms with Crippen LogP contribution in [-0.2, 0) is 17.6 Å². The van der Waals surface area contributed by atoms with Crippen LogP contribution >= 0.6 is 0 Å². The third kappa shape index (κ3) is 3.30. The summed E-state index contributed by atoms with van der Waals surface area (Å²) in [7, 11) is 0. The van der Waals surface area contributed by atoms with E-state index in [1.54, 1.807) is 0 Å². The molecule has 0 amide bonds. The monoisotopic (exact) mass is 666 g/mol. The van der Waals surface area contributed by atoms with Crippen LogP contribution in [0.25, 0.3) is 23.8 Å². The fourth-order valence-corrected chi connectivity index (χ4v) is 12.7. The van der Waals surface area contributed by atoms with E-state index in [9.17, 15) is 9.90 Å². The summed E-state index contributed by atoms with van der Waals surface area (Å²) < 4.78 is 5.24. The van der Waals surface area contributed by atoms with Gasteiger partial charge in [0.15, 0.2) is 0 Å². The molecule has 6 nitrogen and oxygen atoms in total. The van der Waals surface area contributed by atoms with Crippen molar-refractivity contribution in [3.05, 3.63) is 78.5 Å². The van der Waals surface area contributed by atoms with Crippen molar-refractivity contribution in [2.45, 2.75) is 81.1 Å². The first-order chi connectivity index (χ1) is 20.1. The molecule has 42 heavy (non-hydrogen) atoms. The Kier molecular flexibility index (Phi) is 6.22. The fourth-order valence-electron chi connectivity index (χ4n) is 8.31. The van der Waals surface area contributed by atoms with E-state index in [4.69, 9.17) is 9.98 Å². The summed E-state index contributed by atoms with van der Waals surface area (Å²) in [5.74, 6) is -0.870. The van der Waals surface area contributed by atoms with E-state index < -0.39 is 33.1 Å². The standard InChI is InChI=1S/C35H39N4O2.Sn/c1-9-21-17(5)27-15-31-23(11-3)19(7)32(38-31)24-13-25(34(40)41)35(12-4)20(8)28(39-33(24)35)16-30-22(10-2)18(6)26(37-30)14-29(21)36-27;/h13-16,20H,9-12H2,1-8H3,(H2-,36,37,38,39,40,41);/q-1;+2/p-1. The Morgan fingerprint density at radius 2 is 1.67 bits per heavy atom. The molecule has 214 valence electrons. The summed E-state index contributed by atoms with van der Waals surface area (Å²) in [6.07, 6.45) is 12.4. The Balaban J connectivity index is 1.73. The third-order valence-electron chi connectivity index (χ3n) is 10.6. The average molecular weight is 665 g/mol. The number of aromatic nitrogens is 2. The zero-order valence-electron chi connectivity index (χ0n) is 25.9. The number of rotatable bonds is 5. The zero-order chi connectivity index (χ0) is 29.8. The number of aliphatic imine (C=N–C) groups is 2. The summed E-state index contributed by atoms with van der Waals surface area (Å²) >= 11 is -1.55. The van der Waals surface area contributed by atoms with Gasteiger partial charge in [0.1, 0.15) is 0 Å². The maximum atomic E-state index is 12.9. The van der Waals surface area contributed by atoms with Gasteiger partial charge in [-0.15, -0.1) is 0 Å². The van der Waals surface area contributed by atoms with E-state index in [-0.39, 0.29) is 5.92 Å². The third-order valence-corrected chi connectivity index (χ3v) is 14.4. The second-order valence-corrected chi connectivity index (χ2v) is 15.3. The Morgan fingerprint density at radius 1 is 0.929 bits per heavy atom. The summed E-state index contributed by atoms with van der Waals surface area (Å²) in [6.45, 7) is 17.7. The van der Waals surface area contributed by atoms with Crippen LogP contribution in [-0.4, -0.2) is 49.8 Å². The number of nitrogens with zero attached hydrogens (tertiary/aromatic N) is 4. The normalized spacial score (nSPS) is 23.4. The van der Waals surface area contributed by atoms with Gasteiger partial charge in [0, 0.05) is 0 Å². The van der Waals surface area contributed by atoms with Crippen LogP contribution in [0.4, 0.5) is 0 Å². The van der Waals surface area contributed by atoms with Crippen LogP contribution < -0.4 is 10.7 Å². The number of hydrogen-bond acceptors (Lipinski definition) is 3. The number of carboxylic acid groups (broad SMARTS) is 1. The van der Waals surface area contributed by atoms with E-state index in [1.807, 2.05) is 6.08 Å². The molecule has 2 aromatic heterocycles.